The quantitative estimate of drug-likeness (QED) is 0.331. The Labute approximate surface area is 145 Å². The third-order valence-electron chi connectivity index (χ3n) is 6.19. The number of hydrogen-bond donors (Lipinski definition) is 0. The molecule has 0 aromatic carbocycles. The molecule has 0 amide bonds. The molecule has 0 unspecified atom stereocenters. The molecule has 2 aliphatic carbocycles. The zero-order valence-electron chi connectivity index (χ0n) is 15.8. The predicted molar refractivity (Wildman–Crippen MR) is 101 cm³/mol. The van der Waals surface area contributed by atoms with Gasteiger partial charge >= 0.3 is 0 Å². The molecule has 0 spiro atoms. The molecule has 0 aromatic heterocycles. The van der Waals surface area contributed by atoms with Crippen molar-refractivity contribution in [3.8, 4) is 0 Å². The second kappa shape index (κ2) is 11.3. The van der Waals surface area contributed by atoms with Crippen molar-refractivity contribution in [2.24, 2.45) is 17.8 Å². The van der Waals surface area contributed by atoms with Crippen LogP contribution in [0, 0.1) is 17.8 Å². The smallest absolute Gasteiger partial charge is 0.0575 e. The molecule has 0 heterocycles. The minimum atomic E-state index is 0.579. The number of rotatable bonds is 9. The summed E-state index contributed by atoms with van der Waals surface area (Å²) < 4.78 is 6.03. The van der Waals surface area contributed by atoms with E-state index in [1.165, 1.54) is 83.5 Å². The summed E-state index contributed by atoms with van der Waals surface area (Å²) in [6.07, 6.45) is 23.4. The minimum absolute atomic E-state index is 0.579. The molecule has 0 atom stereocenters. The van der Waals surface area contributed by atoms with Gasteiger partial charge in [0.15, 0.2) is 0 Å². The van der Waals surface area contributed by atoms with E-state index in [4.69, 9.17) is 4.74 Å². The van der Waals surface area contributed by atoms with Gasteiger partial charge in [-0.3, -0.25) is 0 Å². The van der Waals surface area contributed by atoms with Gasteiger partial charge in [0.05, 0.1) is 6.10 Å². The molecule has 2 rings (SSSR count). The lowest BCUT2D eigenvalue weighted by Crippen LogP contribution is -2.28. The van der Waals surface area contributed by atoms with Gasteiger partial charge in [0.2, 0.25) is 0 Å². The van der Waals surface area contributed by atoms with Gasteiger partial charge in [0, 0.05) is 6.61 Å². The second-order valence-electron chi connectivity index (χ2n) is 8.01. The molecule has 0 bridgehead atoms. The Bertz CT molecular complexity index is 306. The van der Waals surface area contributed by atoms with Crippen LogP contribution in [0.1, 0.15) is 97.3 Å². The fourth-order valence-electron chi connectivity index (χ4n) is 4.54. The van der Waals surface area contributed by atoms with Gasteiger partial charge in [-0.15, -0.1) is 0 Å². The summed E-state index contributed by atoms with van der Waals surface area (Å²) >= 11 is 0. The lowest BCUT2D eigenvalue weighted by molar-refractivity contribution is 0.00645. The molecule has 2 fully saturated rings. The highest BCUT2D eigenvalue weighted by Gasteiger charge is 2.30. The van der Waals surface area contributed by atoms with Crippen LogP contribution in [-0.2, 0) is 4.74 Å². The summed E-state index contributed by atoms with van der Waals surface area (Å²) in [5, 5.41) is 0. The molecule has 0 saturated heterocycles. The van der Waals surface area contributed by atoms with Crippen LogP contribution in [0.15, 0.2) is 12.2 Å². The fraction of sp³-hybridized carbons (Fsp3) is 0.909. The monoisotopic (exact) mass is 320 g/mol. The summed E-state index contributed by atoms with van der Waals surface area (Å²) in [4.78, 5) is 0. The number of hydrogen-bond acceptors (Lipinski definition) is 1. The molecule has 134 valence electrons. The van der Waals surface area contributed by atoms with Crippen molar-refractivity contribution in [2.75, 3.05) is 6.61 Å². The van der Waals surface area contributed by atoms with Crippen LogP contribution >= 0.6 is 0 Å². The maximum Gasteiger partial charge on any atom is 0.0575 e. The first-order valence-corrected chi connectivity index (χ1v) is 10.6. The molecular weight excluding hydrogens is 280 g/mol. The first-order valence-electron chi connectivity index (χ1n) is 10.6. The molecular formula is C22H40O. The van der Waals surface area contributed by atoms with Crippen LogP contribution in [0.3, 0.4) is 0 Å². The summed E-state index contributed by atoms with van der Waals surface area (Å²) in [7, 11) is 0. The Morgan fingerprint density at radius 3 is 2.00 bits per heavy atom. The maximum atomic E-state index is 6.03. The van der Waals surface area contributed by atoms with Crippen molar-refractivity contribution in [2.45, 2.75) is 103 Å². The molecule has 2 saturated carbocycles. The highest BCUT2D eigenvalue weighted by atomic mass is 16.5. The van der Waals surface area contributed by atoms with Crippen LogP contribution in [0.4, 0.5) is 0 Å². The first kappa shape index (κ1) is 19.0. The van der Waals surface area contributed by atoms with E-state index < -0.39 is 0 Å². The van der Waals surface area contributed by atoms with Gasteiger partial charge in [0.1, 0.15) is 0 Å². The normalized spacial score (nSPS) is 32.4. The Morgan fingerprint density at radius 1 is 0.783 bits per heavy atom. The Hall–Kier alpha value is -0.300. The van der Waals surface area contributed by atoms with Crippen molar-refractivity contribution >= 4 is 0 Å². The number of ether oxygens (including phenoxy) is 1. The molecule has 0 N–H and O–H groups in total. The summed E-state index contributed by atoms with van der Waals surface area (Å²) in [5.41, 5.74) is 0. The molecule has 0 radical (unpaired) electrons. The summed E-state index contributed by atoms with van der Waals surface area (Å²) in [6.45, 7) is 5.51. The van der Waals surface area contributed by atoms with Crippen molar-refractivity contribution in [3.05, 3.63) is 12.2 Å². The number of allylic oxidation sites excluding steroid dienone is 2. The third-order valence-corrected chi connectivity index (χ3v) is 6.19. The largest absolute Gasteiger partial charge is 0.378 e. The van der Waals surface area contributed by atoms with E-state index in [1.54, 1.807) is 0 Å². The molecule has 1 nitrogen and oxygen atoms in total. The van der Waals surface area contributed by atoms with E-state index >= 15 is 0 Å². The topological polar surface area (TPSA) is 9.23 Å². The van der Waals surface area contributed by atoms with Crippen LogP contribution < -0.4 is 0 Å². The molecule has 2 aliphatic rings. The molecule has 0 aromatic rings. The van der Waals surface area contributed by atoms with E-state index in [9.17, 15) is 0 Å². The second-order valence-corrected chi connectivity index (χ2v) is 8.01. The van der Waals surface area contributed by atoms with E-state index in [1.807, 2.05) is 0 Å². The molecule has 23 heavy (non-hydrogen) atoms. The van der Waals surface area contributed by atoms with Crippen molar-refractivity contribution in [1.82, 2.24) is 0 Å². The summed E-state index contributed by atoms with van der Waals surface area (Å²) in [6, 6.07) is 0. The van der Waals surface area contributed by atoms with Gasteiger partial charge in [-0.1, -0.05) is 45.3 Å². The fourth-order valence-corrected chi connectivity index (χ4v) is 4.54. The highest BCUT2D eigenvalue weighted by Crippen LogP contribution is 2.40. The summed E-state index contributed by atoms with van der Waals surface area (Å²) in [5.74, 6) is 2.91. The van der Waals surface area contributed by atoms with Gasteiger partial charge in [-0.2, -0.15) is 0 Å². The van der Waals surface area contributed by atoms with E-state index in [0.29, 0.717) is 6.10 Å². The van der Waals surface area contributed by atoms with Crippen molar-refractivity contribution in [3.63, 3.8) is 0 Å². The average Bonchev–Trinajstić information content (AvgIpc) is 2.60. The minimum Gasteiger partial charge on any atom is -0.378 e. The average molecular weight is 321 g/mol. The Morgan fingerprint density at radius 2 is 1.39 bits per heavy atom. The van der Waals surface area contributed by atoms with Crippen molar-refractivity contribution in [1.29, 1.82) is 0 Å². The van der Waals surface area contributed by atoms with E-state index in [2.05, 4.69) is 26.0 Å². The van der Waals surface area contributed by atoms with Crippen LogP contribution in [0.2, 0.25) is 0 Å². The highest BCUT2D eigenvalue weighted by molar-refractivity contribution is 4.92. The van der Waals surface area contributed by atoms with Gasteiger partial charge in [0.25, 0.3) is 0 Å². The first-order chi connectivity index (χ1) is 11.3. The van der Waals surface area contributed by atoms with Gasteiger partial charge < -0.3 is 4.74 Å². The Kier molecular flexibility index (Phi) is 9.34. The van der Waals surface area contributed by atoms with Gasteiger partial charge in [-0.25, -0.2) is 0 Å². The van der Waals surface area contributed by atoms with Crippen molar-refractivity contribution < 1.29 is 4.74 Å². The Balaban J connectivity index is 1.60. The SMILES string of the molecule is CCCCC=CC1CCC(C2CCC(OCCCC)CC2)CC1. The zero-order chi connectivity index (χ0) is 16.3. The molecule has 0 aliphatic heterocycles. The lowest BCUT2D eigenvalue weighted by atomic mass is 9.70. The maximum absolute atomic E-state index is 6.03. The predicted octanol–water partition coefficient (Wildman–Crippen LogP) is 6.91. The van der Waals surface area contributed by atoms with E-state index in [-0.39, 0.29) is 0 Å². The van der Waals surface area contributed by atoms with Crippen LogP contribution in [0.5, 0.6) is 0 Å². The van der Waals surface area contributed by atoms with Crippen LogP contribution in [-0.4, -0.2) is 12.7 Å². The molecule has 1 heteroatoms. The van der Waals surface area contributed by atoms with Crippen LogP contribution in [0.25, 0.3) is 0 Å². The lowest BCUT2D eigenvalue weighted by Gasteiger charge is -2.37. The standard InChI is InChI=1S/C22H40O/c1-3-5-7-8-9-19-10-12-20(13-11-19)21-14-16-22(17-15-21)23-18-6-4-2/h8-9,19-22H,3-7,10-18H2,1-2H3. The van der Waals surface area contributed by atoms with E-state index in [0.717, 1.165) is 24.4 Å². The van der Waals surface area contributed by atoms with Gasteiger partial charge in [-0.05, 0) is 82.0 Å². The third kappa shape index (κ3) is 6.99. The zero-order valence-corrected chi connectivity index (χ0v) is 15.8. The number of unbranched alkanes of at least 4 members (excludes halogenated alkanes) is 3.